The standard InChI is InChI=1S/C26H22ClN3O5/c1-2-35-25(33)18-9-13-20(14-10-18)28-23(31)16-29-22-6-4-3-5-21(22)24(32)30(26(29)34)15-17-7-11-19(27)12-8-17/h3-14H,2,15-16H2,1H3,(H,28,31). The number of aromatic nitrogens is 2. The molecular weight excluding hydrogens is 470 g/mol. The summed E-state index contributed by atoms with van der Waals surface area (Å²) < 4.78 is 7.33. The van der Waals surface area contributed by atoms with Crippen LogP contribution in [0.1, 0.15) is 22.8 Å². The van der Waals surface area contributed by atoms with E-state index in [0.717, 1.165) is 10.1 Å². The van der Waals surface area contributed by atoms with E-state index in [1.807, 2.05) is 0 Å². The third-order valence-corrected chi connectivity index (χ3v) is 5.62. The molecule has 0 fully saturated rings. The molecular formula is C26H22ClN3O5. The first kappa shape index (κ1) is 24.0. The Morgan fingerprint density at radius 2 is 1.60 bits per heavy atom. The average Bonchev–Trinajstić information content (AvgIpc) is 2.86. The predicted octanol–water partition coefficient (Wildman–Crippen LogP) is 3.68. The second-order valence-electron chi connectivity index (χ2n) is 7.75. The second kappa shape index (κ2) is 10.4. The van der Waals surface area contributed by atoms with Gasteiger partial charge in [-0.25, -0.2) is 9.59 Å². The van der Waals surface area contributed by atoms with Crippen LogP contribution in [-0.4, -0.2) is 27.6 Å². The number of anilines is 1. The van der Waals surface area contributed by atoms with Crippen LogP contribution >= 0.6 is 11.6 Å². The number of nitrogens with one attached hydrogen (secondary N) is 1. The lowest BCUT2D eigenvalue weighted by Gasteiger charge is -2.14. The van der Waals surface area contributed by atoms with Gasteiger partial charge in [0, 0.05) is 10.7 Å². The molecule has 1 aromatic heterocycles. The third kappa shape index (κ3) is 5.33. The number of ether oxygens (including phenoxy) is 1. The number of rotatable bonds is 7. The molecule has 1 N–H and O–H groups in total. The van der Waals surface area contributed by atoms with Crippen molar-refractivity contribution in [3.63, 3.8) is 0 Å². The molecule has 9 heteroatoms. The number of carbonyl (C=O) groups is 2. The lowest BCUT2D eigenvalue weighted by Crippen LogP contribution is -2.42. The summed E-state index contributed by atoms with van der Waals surface area (Å²) >= 11 is 5.94. The van der Waals surface area contributed by atoms with Crippen LogP contribution in [0.4, 0.5) is 5.69 Å². The van der Waals surface area contributed by atoms with E-state index in [4.69, 9.17) is 16.3 Å². The maximum absolute atomic E-state index is 13.3. The fourth-order valence-corrected chi connectivity index (χ4v) is 3.81. The first-order chi connectivity index (χ1) is 16.9. The minimum absolute atomic E-state index is 0.0383. The summed E-state index contributed by atoms with van der Waals surface area (Å²) in [5, 5.41) is 3.59. The molecule has 0 aliphatic heterocycles. The number of amides is 1. The Labute approximate surface area is 205 Å². The number of carbonyl (C=O) groups excluding carboxylic acids is 2. The highest BCUT2D eigenvalue weighted by atomic mass is 35.5. The number of esters is 1. The van der Waals surface area contributed by atoms with Gasteiger partial charge in [-0.15, -0.1) is 0 Å². The van der Waals surface area contributed by atoms with E-state index in [2.05, 4.69) is 5.32 Å². The average molecular weight is 492 g/mol. The molecule has 0 atom stereocenters. The lowest BCUT2D eigenvalue weighted by atomic mass is 10.2. The van der Waals surface area contributed by atoms with Crippen LogP contribution in [-0.2, 0) is 22.6 Å². The van der Waals surface area contributed by atoms with E-state index in [0.29, 0.717) is 27.2 Å². The molecule has 0 saturated heterocycles. The van der Waals surface area contributed by atoms with Gasteiger partial charge >= 0.3 is 11.7 Å². The van der Waals surface area contributed by atoms with Gasteiger partial charge in [-0.05, 0) is 61.0 Å². The molecule has 1 amide bonds. The minimum atomic E-state index is -0.601. The van der Waals surface area contributed by atoms with E-state index < -0.39 is 23.1 Å². The monoisotopic (exact) mass is 491 g/mol. The van der Waals surface area contributed by atoms with Gasteiger partial charge in [0.2, 0.25) is 5.91 Å². The van der Waals surface area contributed by atoms with Crippen LogP contribution in [0.25, 0.3) is 10.9 Å². The number of nitrogens with zero attached hydrogens (tertiary/aromatic N) is 2. The van der Waals surface area contributed by atoms with E-state index in [-0.39, 0.29) is 19.7 Å². The van der Waals surface area contributed by atoms with Crippen molar-refractivity contribution in [3.05, 3.63) is 110 Å². The van der Waals surface area contributed by atoms with E-state index in [1.165, 1.54) is 4.57 Å². The zero-order valence-corrected chi connectivity index (χ0v) is 19.6. The van der Waals surface area contributed by atoms with Crippen molar-refractivity contribution in [2.45, 2.75) is 20.0 Å². The van der Waals surface area contributed by atoms with E-state index in [1.54, 1.807) is 79.7 Å². The summed E-state index contributed by atoms with van der Waals surface area (Å²) in [7, 11) is 0. The smallest absolute Gasteiger partial charge is 0.338 e. The highest BCUT2D eigenvalue weighted by Gasteiger charge is 2.16. The Bertz CT molecular complexity index is 1510. The topological polar surface area (TPSA) is 99.4 Å². The van der Waals surface area contributed by atoms with Gasteiger partial charge in [-0.1, -0.05) is 35.9 Å². The second-order valence-corrected chi connectivity index (χ2v) is 8.19. The minimum Gasteiger partial charge on any atom is -0.462 e. The van der Waals surface area contributed by atoms with Crippen molar-refractivity contribution in [2.24, 2.45) is 0 Å². The van der Waals surface area contributed by atoms with Crippen LogP contribution in [0.2, 0.25) is 5.02 Å². The highest BCUT2D eigenvalue weighted by Crippen LogP contribution is 2.13. The Kier molecular flexibility index (Phi) is 7.12. The van der Waals surface area contributed by atoms with Crippen LogP contribution < -0.4 is 16.6 Å². The van der Waals surface area contributed by atoms with Crippen molar-refractivity contribution in [1.29, 1.82) is 0 Å². The first-order valence-electron chi connectivity index (χ1n) is 10.9. The van der Waals surface area contributed by atoms with E-state index in [9.17, 15) is 19.2 Å². The number of fused-ring (bicyclic) bond motifs is 1. The van der Waals surface area contributed by atoms with Gasteiger partial charge in [0.25, 0.3) is 5.56 Å². The van der Waals surface area contributed by atoms with Gasteiger partial charge in [-0.2, -0.15) is 0 Å². The Morgan fingerprint density at radius 1 is 0.914 bits per heavy atom. The fraction of sp³-hybridized carbons (Fsp3) is 0.154. The molecule has 0 spiro atoms. The van der Waals surface area contributed by atoms with Gasteiger partial charge in [0.15, 0.2) is 0 Å². The summed E-state index contributed by atoms with van der Waals surface area (Å²) in [5.41, 5.74) is 0.865. The Balaban J connectivity index is 1.63. The van der Waals surface area contributed by atoms with Crippen LogP contribution in [0.5, 0.6) is 0 Å². The van der Waals surface area contributed by atoms with Gasteiger partial charge in [0.1, 0.15) is 6.54 Å². The summed E-state index contributed by atoms with van der Waals surface area (Å²) in [4.78, 5) is 51.0. The number of hydrogen-bond acceptors (Lipinski definition) is 5. The fourth-order valence-electron chi connectivity index (χ4n) is 3.68. The molecule has 1 heterocycles. The predicted molar refractivity (Wildman–Crippen MR) is 134 cm³/mol. The van der Waals surface area contributed by atoms with Crippen LogP contribution in [0, 0.1) is 0 Å². The van der Waals surface area contributed by atoms with Crippen LogP contribution in [0.15, 0.2) is 82.4 Å². The molecule has 3 aromatic carbocycles. The van der Waals surface area contributed by atoms with Crippen molar-refractivity contribution < 1.29 is 14.3 Å². The van der Waals surface area contributed by atoms with Crippen molar-refractivity contribution in [1.82, 2.24) is 9.13 Å². The molecule has 0 bridgehead atoms. The van der Waals surface area contributed by atoms with Crippen molar-refractivity contribution in [2.75, 3.05) is 11.9 Å². The van der Waals surface area contributed by atoms with Gasteiger partial charge in [-0.3, -0.25) is 18.7 Å². The molecule has 0 radical (unpaired) electrons. The molecule has 8 nitrogen and oxygen atoms in total. The largest absolute Gasteiger partial charge is 0.462 e. The maximum atomic E-state index is 13.3. The molecule has 0 unspecified atom stereocenters. The third-order valence-electron chi connectivity index (χ3n) is 5.37. The molecule has 0 saturated carbocycles. The van der Waals surface area contributed by atoms with Gasteiger partial charge in [0.05, 0.1) is 29.6 Å². The zero-order chi connectivity index (χ0) is 24.9. The number of hydrogen-bond donors (Lipinski definition) is 1. The van der Waals surface area contributed by atoms with Crippen molar-refractivity contribution >= 4 is 40.1 Å². The molecule has 178 valence electrons. The first-order valence-corrected chi connectivity index (χ1v) is 11.3. The normalized spacial score (nSPS) is 10.8. The summed E-state index contributed by atoms with van der Waals surface area (Å²) in [6.45, 7) is 1.72. The number of benzene rings is 3. The molecule has 0 aliphatic carbocycles. The molecule has 4 rings (SSSR count). The Hall–Kier alpha value is -4.17. The zero-order valence-electron chi connectivity index (χ0n) is 18.9. The SMILES string of the molecule is CCOC(=O)c1ccc(NC(=O)Cn2c(=O)n(Cc3ccc(Cl)cc3)c(=O)c3ccccc32)cc1. The number of halogens is 1. The Morgan fingerprint density at radius 3 is 2.29 bits per heavy atom. The molecule has 0 aliphatic rings. The van der Waals surface area contributed by atoms with Gasteiger partial charge < -0.3 is 10.1 Å². The quantitative estimate of drug-likeness (QED) is 0.397. The highest BCUT2D eigenvalue weighted by molar-refractivity contribution is 6.30. The lowest BCUT2D eigenvalue weighted by molar-refractivity contribution is -0.116. The number of para-hydroxylation sites is 1. The molecule has 35 heavy (non-hydrogen) atoms. The summed E-state index contributed by atoms with van der Waals surface area (Å²) in [5.74, 6) is -0.913. The van der Waals surface area contributed by atoms with E-state index >= 15 is 0 Å². The molecule has 4 aromatic rings. The summed E-state index contributed by atoms with van der Waals surface area (Å²) in [6.07, 6.45) is 0. The van der Waals surface area contributed by atoms with Crippen LogP contribution in [0.3, 0.4) is 0 Å². The van der Waals surface area contributed by atoms with Crippen molar-refractivity contribution in [3.8, 4) is 0 Å². The maximum Gasteiger partial charge on any atom is 0.338 e. The summed E-state index contributed by atoms with van der Waals surface area (Å²) in [6, 6.07) is 19.7.